The Balaban J connectivity index is 2.62. The summed E-state index contributed by atoms with van der Waals surface area (Å²) in [6.45, 7) is 8.77. The molecule has 0 aliphatic carbocycles. The SMILES string of the molecule is Cc1ccc(C(CSCC(C)C)NN)cc1C. The van der Waals surface area contributed by atoms with E-state index in [2.05, 4.69) is 51.3 Å². The number of benzene rings is 1. The van der Waals surface area contributed by atoms with Gasteiger partial charge in [0, 0.05) is 5.75 Å². The smallest absolute Gasteiger partial charge is 0.0550 e. The second-order valence-electron chi connectivity index (χ2n) is 4.99. The Kier molecular flexibility index (Phi) is 6.03. The van der Waals surface area contributed by atoms with Gasteiger partial charge < -0.3 is 0 Å². The van der Waals surface area contributed by atoms with Gasteiger partial charge in [0.2, 0.25) is 0 Å². The van der Waals surface area contributed by atoms with Crippen molar-refractivity contribution in [3.63, 3.8) is 0 Å². The molecule has 2 nitrogen and oxygen atoms in total. The minimum Gasteiger partial charge on any atom is -0.271 e. The van der Waals surface area contributed by atoms with Crippen molar-refractivity contribution in [1.29, 1.82) is 0 Å². The fourth-order valence-electron chi connectivity index (χ4n) is 1.64. The highest BCUT2D eigenvalue weighted by atomic mass is 32.2. The molecule has 0 saturated heterocycles. The number of hydrazine groups is 1. The molecule has 1 rings (SSSR count). The number of thioether (sulfide) groups is 1. The van der Waals surface area contributed by atoms with Crippen molar-refractivity contribution in [1.82, 2.24) is 5.43 Å². The van der Waals surface area contributed by atoms with Crippen LogP contribution in [0.1, 0.15) is 36.6 Å². The van der Waals surface area contributed by atoms with Crippen LogP contribution in [0.3, 0.4) is 0 Å². The summed E-state index contributed by atoms with van der Waals surface area (Å²) >= 11 is 1.96. The Labute approximate surface area is 109 Å². The van der Waals surface area contributed by atoms with Crippen molar-refractivity contribution in [2.24, 2.45) is 11.8 Å². The zero-order valence-electron chi connectivity index (χ0n) is 11.3. The van der Waals surface area contributed by atoms with E-state index in [4.69, 9.17) is 5.84 Å². The molecule has 17 heavy (non-hydrogen) atoms. The van der Waals surface area contributed by atoms with Gasteiger partial charge in [0.05, 0.1) is 6.04 Å². The summed E-state index contributed by atoms with van der Waals surface area (Å²) in [6.07, 6.45) is 0. The molecule has 1 unspecified atom stereocenters. The van der Waals surface area contributed by atoms with E-state index in [9.17, 15) is 0 Å². The van der Waals surface area contributed by atoms with Crippen LogP contribution >= 0.6 is 11.8 Å². The van der Waals surface area contributed by atoms with E-state index in [1.54, 1.807) is 0 Å². The quantitative estimate of drug-likeness (QED) is 0.603. The van der Waals surface area contributed by atoms with Crippen molar-refractivity contribution >= 4 is 11.8 Å². The summed E-state index contributed by atoms with van der Waals surface area (Å²) < 4.78 is 0. The summed E-state index contributed by atoms with van der Waals surface area (Å²) in [5, 5.41) is 0. The van der Waals surface area contributed by atoms with Crippen molar-refractivity contribution in [2.75, 3.05) is 11.5 Å². The van der Waals surface area contributed by atoms with Gasteiger partial charge in [-0.3, -0.25) is 11.3 Å². The molecule has 3 N–H and O–H groups in total. The predicted molar refractivity (Wildman–Crippen MR) is 78.1 cm³/mol. The normalized spacial score (nSPS) is 13.1. The van der Waals surface area contributed by atoms with Gasteiger partial charge in [-0.2, -0.15) is 11.8 Å². The summed E-state index contributed by atoms with van der Waals surface area (Å²) in [7, 11) is 0. The third kappa shape index (κ3) is 4.70. The molecular formula is C14H24N2S. The molecule has 96 valence electrons. The lowest BCUT2D eigenvalue weighted by atomic mass is 10.0. The van der Waals surface area contributed by atoms with Crippen molar-refractivity contribution in [3.05, 3.63) is 34.9 Å². The lowest BCUT2D eigenvalue weighted by Crippen LogP contribution is -2.30. The van der Waals surface area contributed by atoms with E-state index in [-0.39, 0.29) is 6.04 Å². The van der Waals surface area contributed by atoms with Crippen LogP contribution in [0, 0.1) is 19.8 Å². The second-order valence-corrected chi connectivity index (χ2v) is 6.07. The van der Waals surface area contributed by atoms with Crippen LogP contribution in [0.2, 0.25) is 0 Å². The first-order chi connectivity index (χ1) is 8.04. The average molecular weight is 252 g/mol. The first kappa shape index (κ1) is 14.6. The summed E-state index contributed by atoms with van der Waals surface area (Å²) in [5.41, 5.74) is 6.86. The molecule has 1 aromatic carbocycles. The molecule has 0 saturated carbocycles. The molecule has 0 aliphatic heterocycles. The van der Waals surface area contributed by atoms with Crippen LogP contribution in [0.4, 0.5) is 0 Å². The molecule has 1 aromatic rings. The molecule has 0 fully saturated rings. The molecule has 0 spiro atoms. The van der Waals surface area contributed by atoms with Gasteiger partial charge in [-0.05, 0) is 42.2 Å². The van der Waals surface area contributed by atoms with Gasteiger partial charge in [-0.25, -0.2) is 0 Å². The maximum atomic E-state index is 5.65. The molecule has 0 aliphatic rings. The Morgan fingerprint density at radius 1 is 1.18 bits per heavy atom. The summed E-state index contributed by atoms with van der Waals surface area (Å²) in [4.78, 5) is 0. The Morgan fingerprint density at radius 2 is 1.88 bits per heavy atom. The van der Waals surface area contributed by atoms with E-state index >= 15 is 0 Å². The molecule has 0 bridgehead atoms. The lowest BCUT2D eigenvalue weighted by molar-refractivity contribution is 0.609. The molecule has 0 heterocycles. The maximum Gasteiger partial charge on any atom is 0.0550 e. The molecule has 0 radical (unpaired) electrons. The highest BCUT2D eigenvalue weighted by Crippen LogP contribution is 2.21. The summed E-state index contributed by atoms with van der Waals surface area (Å²) in [5.74, 6) is 8.59. The van der Waals surface area contributed by atoms with E-state index in [1.165, 1.54) is 22.4 Å². The van der Waals surface area contributed by atoms with Crippen LogP contribution in [0.5, 0.6) is 0 Å². The highest BCUT2D eigenvalue weighted by molar-refractivity contribution is 7.99. The Bertz CT molecular complexity index is 350. The fraction of sp³-hybridized carbons (Fsp3) is 0.571. The largest absolute Gasteiger partial charge is 0.271 e. The third-order valence-corrected chi connectivity index (χ3v) is 4.34. The van der Waals surface area contributed by atoms with Gasteiger partial charge in [0.1, 0.15) is 0 Å². The lowest BCUT2D eigenvalue weighted by Gasteiger charge is -2.17. The first-order valence-corrected chi connectivity index (χ1v) is 7.31. The number of nitrogens with one attached hydrogen (secondary N) is 1. The molecule has 1 atom stereocenters. The summed E-state index contributed by atoms with van der Waals surface area (Å²) in [6, 6.07) is 6.82. The minimum absolute atomic E-state index is 0.248. The van der Waals surface area contributed by atoms with Crippen LogP contribution in [0.15, 0.2) is 18.2 Å². The molecule has 0 aromatic heterocycles. The number of rotatable bonds is 6. The van der Waals surface area contributed by atoms with Gasteiger partial charge in [-0.15, -0.1) is 0 Å². The topological polar surface area (TPSA) is 38.0 Å². The third-order valence-electron chi connectivity index (χ3n) is 2.87. The standard InChI is InChI=1S/C14H24N2S/c1-10(2)8-17-9-14(16-15)13-6-5-11(3)12(4)7-13/h5-7,10,14,16H,8-9,15H2,1-4H3. The zero-order valence-corrected chi connectivity index (χ0v) is 12.1. The van der Waals surface area contributed by atoms with E-state index in [1.807, 2.05) is 11.8 Å². The van der Waals surface area contributed by atoms with Gasteiger partial charge in [0.15, 0.2) is 0 Å². The predicted octanol–water partition coefficient (Wildman–Crippen LogP) is 3.20. The second kappa shape index (κ2) is 7.04. The van der Waals surface area contributed by atoms with Crippen LogP contribution in [-0.2, 0) is 0 Å². The van der Waals surface area contributed by atoms with Gasteiger partial charge in [-0.1, -0.05) is 32.0 Å². The zero-order chi connectivity index (χ0) is 12.8. The maximum absolute atomic E-state index is 5.65. The van der Waals surface area contributed by atoms with Crippen molar-refractivity contribution < 1.29 is 0 Å². The van der Waals surface area contributed by atoms with Crippen molar-refractivity contribution in [2.45, 2.75) is 33.7 Å². The van der Waals surface area contributed by atoms with Gasteiger partial charge >= 0.3 is 0 Å². The number of hydrogen-bond donors (Lipinski definition) is 2. The van der Waals surface area contributed by atoms with Crippen molar-refractivity contribution in [3.8, 4) is 0 Å². The highest BCUT2D eigenvalue weighted by Gasteiger charge is 2.10. The monoisotopic (exact) mass is 252 g/mol. The Hall–Kier alpha value is -0.510. The number of aryl methyl sites for hydroxylation is 2. The van der Waals surface area contributed by atoms with E-state index in [0.717, 1.165) is 11.7 Å². The minimum atomic E-state index is 0.248. The first-order valence-electron chi connectivity index (χ1n) is 6.15. The van der Waals surface area contributed by atoms with E-state index in [0.29, 0.717) is 0 Å². The number of hydrogen-bond acceptors (Lipinski definition) is 3. The molecular weight excluding hydrogens is 228 g/mol. The molecule has 3 heteroatoms. The Morgan fingerprint density at radius 3 is 2.41 bits per heavy atom. The average Bonchev–Trinajstić information content (AvgIpc) is 2.28. The number of nitrogens with two attached hydrogens (primary N) is 1. The van der Waals surface area contributed by atoms with E-state index < -0.39 is 0 Å². The fourth-order valence-corrected chi connectivity index (χ4v) is 2.78. The molecule has 0 amide bonds. The van der Waals surface area contributed by atoms with Crippen LogP contribution < -0.4 is 11.3 Å². The van der Waals surface area contributed by atoms with Crippen LogP contribution in [0.25, 0.3) is 0 Å². The van der Waals surface area contributed by atoms with Gasteiger partial charge in [0.25, 0.3) is 0 Å². The van der Waals surface area contributed by atoms with Crippen LogP contribution in [-0.4, -0.2) is 11.5 Å².